The summed E-state index contributed by atoms with van der Waals surface area (Å²) < 4.78 is 6.87. The van der Waals surface area contributed by atoms with Gasteiger partial charge in [-0.15, -0.1) is 5.10 Å². The summed E-state index contributed by atoms with van der Waals surface area (Å²) >= 11 is 5.51. The lowest BCUT2D eigenvalue weighted by Gasteiger charge is -2.20. The molecule has 0 N–H and O–H groups in total. The molecule has 0 aliphatic rings. The van der Waals surface area contributed by atoms with Gasteiger partial charge in [-0.2, -0.15) is 0 Å². The van der Waals surface area contributed by atoms with E-state index in [2.05, 4.69) is 39.6 Å². The lowest BCUT2D eigenvalue weighted by atomic mass is 10.1. The third kappa shape index (κ3) is 5.28. The number of aromatic nitrogens is 4. The summed E-state index contributed by atoms with van der Waals surface area (Å²) in [5.74, 6) is 1.78. The molecular formula is C16H23N5OS. The highest BCUT2D eigenvalue weighted by molar-refractivity contribution is 7.80. The maximum atomic E-state index is 5.51. The van der Waals surface area contributed by atoms with E-state index < -0.39 is 0 Å². The lowest BCUT2D eigenvalue weighted by Crippen LogP contribution is -2.27. The molecule has 0 amide bonds. The van der Waals surface area contributed by atoms with Crippen LogP contribution in [0.25, 0.3) is 0 Å². The molecule has 7 heteroatoms. The molecule has 124 valence electrons. The first-order chi connectivity index (χ1) is 11.1. The Morgan fingerprint density at radius 1 is 1.26 bits per heavy atom. The van der Waals surface area contributed by atoms with Crippen LogP contribution in [0.1, 0.15) is 24.2 Å². The molecule has 1 aromatic carbocycles. The number of likely N-dealkylation sites (N-methyl/N-ethyl adjacent to an activating group) is 1. The summed E-state index contributed by atoms with van der Waals surface area (Å²) in [7, 11) is 5.59. The Hall–Kier alpha value is -2.02. The van der Waals surface area contributed by atoms with E-state index in [-0.39, 0.29) is 0 Å². The van der Waals surface area contributed by atoms with Crippen molar-refractivity contribution in [1.29, 1.82) is 0 Å². The average molecular weight is 333 g/mol. The number of methoxy groups -OCH3 is 1. The Bertz CT molecular complexity index is 626. The zero-order valence-corrected chi connectivity index (χ0v) is 14.7. The van der Waals surface area contributed by atoms with Crippen molar-refractivity contribution in [3.8, 4) is 5.75 Å². The van der Waals surface area contributed by atoms with Crippen LogP contribution in [-0.4, -0.2) is 50.8 Å². The van der Waals surface area contributed by atoms with Crippen LogP contribution in [0.4, 0.5) is 0 Å². The zero-order chi connectivity index (χ0) is 16.7. The van der Waals surface area contributed by atoms with Crippen molar-refractivity contribution < 1.29 is 4.74 Å². The monoisotopic (exact) mass is 333 g/mol. The number of tetrazole rings is 1. The van der Waals surface area contributed by atoms with Crippen LogP contribution in [0.5, 0.6) is 5.75 Å². The zero-order valence-electron chi connectivity index (χ0n) is 13.9. The number of benzene rings is 1. The van der Waals surface area contributed by atoms with Crippen LogP contribution < -0.4 is 4.74 Å². The number of hydrogen-bond donors (Lipinski definition) is 0. The molecular weight excluding hydrogens is 310 g/mol. The quantitative estimate of drug-likeness (QED) is 0.689. The summed E-state index contributed by atoms with van der Waals surface area (Å²) in [5.41, 5.74) is 1.28. The molecule has 0 aliphatic carbocycles. The second-order valence-corrected chi connectivity index (χ2v) is 5.96. The minimum Gasteiger partial charge on any atom is -0.497 e. The van der Waals surface area contributed by atoms with Gasteiger partial charge in [-0.1, -0.05) is 24.4 Å². The van der Waals surface area contributed by atoms with Gasteiger partial charge in [-0.25, -0.2) is 4.68 Å². The molecule has 1 aromatic heterocycles. The first kappa shape index (κ1) is 17.3. The Balaban J connectivity index is 1.70. The molecule has 23 heavy (non-hydrogen) atoms. The molecule has 0 unspecified atom stereocenters. The van der Waals surface area contributed by atoms with Gasteiger partial charge in [0.15, 0.2) is 5.82 Å². The lowest BCUT2D eigenvalue weighted by molar-refractivity contribution is 0.414. The fourth-order valence-corrected chi connectivity index (χ4v) is 2.50. The predicted octanol–water partition coefficient (Wildman–Crippen LogP) is 2.04. The molecule has 0 aliphatic heterocycles. The standard InChI is InChI=1S/C16H23N5OS/c1-20(12-11-13-7-9-14(22-3)10-8-13)16(23)6-4-5-15-17-18-19-21(15)2/h7-10H,4-6,11-12H2,1-3H3. The van der Waals surface area contributed by atoms with Gasteiger partial charge >= 0.3 is 0 Å². The summed E-state index contributed by atoms with van der Waals surface area (Å²) in [4.78, 5) is 3.13. The van der Waals surface area contributed by atoms with E-state index in [1.807, 2.05) is 19.2 Å². The van der Waals surface area contributed by atoms with Gasteiger partial charge < -0.3 is 9.64 Å². The molecule has 0 atom stereocenters. The van der Waals surface area contributed by atoms with E-state index in [0.717, 1.165) is 48.8 Å². The number of aryl methyl sites for hydroxylation is 2. The summed E-state index contributed by atoms with van der Waals surface area (Å²) in [6.45, 7) is 0.913. The van der Waals surface area contributed by atoms with E-state index in [0.29, 0.717) is 0 Å². The molecule has 2 aromatic rings. The van der Waals surface area contributed by atoms with Crippen molar-refractivity contribution in [2.45, 2.75) is 25.7 Å². The molecule has 0 fully saturated rings. The maximum Gasteiger partial charge on any atom is 0.150 e. The third-order valence-electron chi connectivity index (χ3n) is 3.82. The molecule has 0 radical (unpaired) electrons. The second-order valence-electron chi connectivity index (χ2n) is 5.49. The molecule has 1 heterocycles. The van der Waals surface area contributed by atoms with Crippen molar-refractivity contribution in [2.75, 3.05) is 20.7 Å². The largest absolute Gasteiger partial charge is 0.497 e. The SMILES string of the molecule is COc1ccc(CCN(C)C(=S)CCCc2nnnn2C)cc1. The Kier molecular flexibility index (Phi) is 6.46. The van der Waals surface area contributed by atoms with Gasteiger partial charge in [0.1, 0.15) is 5.75 Å². The van der Waals surface area contributed by atoms with E-state index in [9.17, 15) is 0 Å². The number of nitrogens with zero attached hydrogens (tertiary/aromatic N) is 5. The fraction of sp³-hybridized carbons (Fsp3) is 0.500. The topological polar surface area (TPSA) is 56.1 Å². The summed E-state index contributed by atoms with van der Waals surface area (Å²) in [6.07, 6.45) is 3.64. The van der Waals surface area contributed by atoms with Gasteiger partial charge in [0, 0.05) is 27.1 Å². The Morgan fingerprint density at radius 3 is 2.61 bits per heavy atom. The number of hydrogen-bond acceptors (Lipinski definition) is 5. The molecule has 0 saturated heterocycles. The number of rotatable bonds is 8. The molecule has 0 saturated carbocycles. The minimum absolute atomic E-state index is 0.843. The highest BCUT2D eigenvalue weighted by Crippen LogP contribution is 2.12. The van der Waals surface area contributed by atoms with E-state index in [1.54, 1.807) is 11.8 Å². The first-order valence-electron chi connectivity index (χ1n) is 7.68. The van der Waals surface area contributed by atoms with Crippen molar-refractivity contribution >= 4 is 17.2 Å². The smallest absolute Gasteiger partial charge is 0.150 e. The summed E-state index contributed by atoms with van der Waals surface area (Å²) in [6, 6.07) is 8.17. The average Bonchev–Trinajstić information content (AvgIpc) is 2.98. The van der Waals surface area contributed by atoms with Gasteiger partial charge in [0.25, 0.3) is 0 Å². The third-order valence-corrected chi connectivity index (χ3v) is 4.34. The minimum atomic E-state index is 0.843. The Labute approximate surface area is 142 Å². The first-order valence-corrected chi connectivity index (χ1v) is 8.09. The van der Waals surface area contributed by atoms with Crippen LogP contribution in [-0.2, 0) is 19.9 Å². The van der Waals surface area contributed by atoms with Gasteiger partial charge in [-0.05, 0) is 47.4 Å². The number of ether oxygens (including phenoxy) is 1. The molecule has 6 nitrogen and oxygen atoms in total. The highest BCUT2D eigenvalue weighted by atomic mass is 32.1. The van der Waals surface area contributed by atoms with E-state index in [4.69, 9.17) is 17.0 Å². The summed E-state index contributed by atoms with van der Waals surface area (Å²) in [5, 5.41) is 11.5. The Morgan fingerprint density at radius 2 is 2.00 bits per heavy atom. The van der Waals surface area contributed by atoms with Crippen molar-refractivity contribution in [2.24, 2.45) is 7.05 Å². The van der Waals surface area contributed by atoms with Gasteiger partial charge in [0.05, 0.1) is 12.1 Å². The van der Waals surface area contributed by atoms with Crippen LogP contribution >= 0.6 is 12.2 Å². The normalized spacial score (nSPS) is 10.6. The second kappa shape index (κ2) is 8.57. The van der Waals surface area contributed by atoms with Gasteiger partial charge in [0.2, 0.25) is 0 Å². The van der Waals surface area contributed by atoms with E-state index >= 15 is 0 Å². The van der Waals surface area contributed by atoms with Crippen molar-refractivity contribution in [3.63, 3.8) is 0 Å². The van der Waals surface area contributed by atoms with Crippen LogP contribution in [0.3, 0.4) is 0 Å². The predicted molar refractivity (Wildman–Crippen MR) is 93.7 cm³/mol. The van der Waals surface area contributed by atoms with Crippen LogP contribution in [0.2, 0.25) is 0 Å². The molecule has 0 bridgehead atoms. The highest BCUT2D eigenvalue weighted by Gasteiger charge is 2.07. The fourth-order valence-electron chi connectivity index (χ4n) is 2.26. The molecule has 0 spiro atoms. The van der Waals surface area contributed by atoms with Crippen LogP contribution in [0, 0.1) is 0 Å². The maximum absolute atomic E-state index is 5.51. The molecule has 2 rings (SSSR count). The van der Waals surface area contributed by atoms with Crippen LogP contribution in [0.15, 0.2) is 24.3 Å². The van der Waals surface area contributed by atoms with Crippen molar-refractivity contribution in [3.05, 3.63) is 35.7 Å². The van der Waals surface area contributed by atoms with Gasteiger partial charge in [-0.3, -0.25) is 0 Å². The van der Waals surface area contributed by atoms with E-state index in [1.165, 1.54) is 5.56 Å². The van der Waals surface area contributed by atoms with Crippen molar-refractivity contribution in [1.82, 2.24) is 25.1 Å². The number of thiocarbonyl (C=S) groups is 1.